The summed E-state index contributed by atoms with van der Waals surface area (Å²) in [5, 5.41) is 14.8. The topological polar surface area (TPSA) is 105 Å². The van der Waals surface area contributed by atoms with E-state index in [0.717, 1.165) is 6.42 Å². The van der Waals surface area contributed by atoms with Crippen molar-refractivity contribution in [3.8, 4) is 11.1 Å². The lowest BCUT2D eigenvalue weighted by atomic mass is 9.80. The molecule has 0 aliphatic heterocycles. The highest BCUT2D eigenvalue weighted by atomic mass is 16.5. The average molecular weight is 449 g/mol. The number of carbonyl (C=O) groups excluding carboxylic acids is 2. The number of nitrogens with one attached hydrogen (secondary N) is 2. The summed E-state index contributed by atoms with van der Waals surface area (Å²) in [4.78, 5) is 35.9. The fourth-order valence-corrected chi connectivity index (χ4v) is 5.41. The minimum absolute atomic E-state index is 0.0161. The first-order chi connectivity index (χ1) is 16.0. The van der Waals surface area contributed by atoms with Crippen molar-refractivity contribution >= 4 is 18.0 Å². The van der Waals surface area contributed by atoms with Crippen LogP contribution in [-0.4, -0.2) is 41.8 Å². The molecule has 2 amide bonds. The van der Waals surface area contributed by atoms with Crippen molar-refractivity contribution in [2.24, 2.45) is 11.8 Å². The molecule has 2 aromatic carbocycles. The maximum Gasteiger partial charge on any atom is 0.407 e. The zero-order valence-electron chi connectivity index (χ0n) is 18.3. The number of carboxylic acid groups (broad SMARTS) is 1. The molecular formula is C26H28N2O5. The van der Waals surface area contributed by atoms with Crippen LogP contribution in [0.2, 0.25) is 0 Å². The minimum atomic E-state index is -0.797. The van der Waals surface area contributed by atoms with Crippen molar-refractivity contribution in [2.75, 3.05) is 6.61 Å². The molecule has 0 saturated heterocycles. The van der Waals surface area contributed by atoms with Crippen molar-refractivity contribution in [3.05, 3.63) is 59.7 Å². The van der Waals surface area contributed by atoms with Gasteiger partial charge in [0.15, 0.2) is 0 Å². The van der Waals surface area contributed by atoms with E-state index < -0.39 is 12.1 Å². The maximum absolute atomic E-state index is 12.5. The third kappa shape index (κ3) is 4.32. The summed E-state index contributed by atoms with van der Waals surface area (Å²) < 4.78 is 5.62. The molecule has 2 aromatic rings. The number of hydrogen-bond donors (Lipinski definition) is 3. The number of ether oxygens (including phenoxy) is 1. The van der Waals surface area contributed by atoms with Gasteiger partial charge >= 0.3 is 12.1 Å². The molecule has 3 N–H and O–H groups in total. The molecule has 0 aromatic heterocycles. The summed E-state index contributed by atoms with van der Waals surface area (Å²) in [5.41, 5.74) is 4.72. The third-order valence-corrected chi connectivity index (χ3v) is 7.30. The van der Waals surface area contributed by atoms with Crippen LogP contribution in [0, 0.1) is 11.8 Å². The van der Waals surface area contributed by atoms with Crippen LogP contribution >= 0.6 is 0 Å². The lowest BCUT2D eigenvalue weighted by Crippen LogP contribution is -2.48. The van der Waals surface area contributed by atoms with Crippen LogP contribution in [0.25, 0.3) is 11.1 Å². The molecule has 7 heteroatoms. The third-order valence-electron chi connectivity index (χ3n) is 7.30. The predicted octanol–water partition coefficient (Wildman–Crippen LogP) is 3.67. The number of benzene rings is 2. The Balaban J connectivity index is 1.10. The van der Waals surface area contributed by atoms with Crippen LogP contribution in [0.1, 0.15) is 49.1 Å². The molecule has 3 aliphatic carbocycles. The zero-order chi connectivity index (χ0) is 22.9. The van der Waals surface area contributed by atoms with E-state index in [2.05, 4.69) is 34.9 Å². The fourth-order valence-electron chi connectivity index (χ4n) is 5.41. The van der Waals surface area contributed by atoms with Gasteiger partial charge in [0, 0.05) is 23.9 Å². The number of carboxylic acids is 1. The largest absolute Gasteiger partial charge is 0.481 e. The van der Waals surface area contributed by atoms with Gasteiger partial charge in [-0.05, 0) is 54.4 Å². The quantitative estimate of drug-likeness (QED) is 0.625. The fraction of sp³-hybridized carbons (Fsp3) is 0.423. The maximum atomic E-state index is 12.5. The van der Waals surface area contributed by atoms with Crippen molar-refractivity contribution < 1.29 is 24.2 Å². The summed E-state index contributed by atoms with van der Waals surface area (Å²) in [6.45, 7) is 0.267. The molecule has 172 valence electrons. The number of carbonyl (C=O) groups is 3. The van der Waals surface area contributed by atoms with Gasteiger partial charge in [0.2, 0.25) is 5.91 Å². The van der Waals surface area contributed by atoms with Gasteiger partial charge in [-0.2, -0.15) is 0 Å². The molecular weight excluding hydrogens is 420 g/mol. The Hall–Kier alpha value is -3.35. The van der Waals surface area contributed by atoms with E-state index in [1.807, 2.05) is 24.3 Å². The van der Waals surface area contributed by atoms with Gasteiger partial charge in [0.1, 0.15) is 6.61 Å². The Kier molecular flexibility index (Phi) is 5.79. The smallest absolute Gasteiger partial charge is 0.407 e. The monoisotopic (exact) mass is 448 g/mol. The molecule has 3 aliphatic rings. The van der Waals surface area contributed by atoms with Gasteiger partial charge in [-0.25, -0.2) is 4.79 Å². The minimum Gasteiger partial charge on any atom is -0.481 e. The normalized spacial score (nSPS) is 25.5. The second-order valence-electron chi connectivity index (χ2n) is 9.39. The lowest BCUT2D eigenvalue weighted by molar-refractivity contribution is -0.146. The highest BCUT2D eigenvalue weighted by Crippen LogP contribution is 2.44. The van der Waals surface area contributed by atoms with Crippen molar-refractivity contribution in [1.29, 1.82) is 0 Å². The standard InChI is InChI=1S/C26H28N2O5/c29-24(27-18-12-16(13-18)25(30)31)15-9-10-17(11-15)28-26(32)33-14-23-21-7-3-1-5-19(21)20-6-2-4-8-22(20)23/h1-8,15-18,23H,9-14H2,(H,27,29)(H,28,32)(H,30,31)/t15-,16?,17+,18?/m1/s1. The number of hydrogen-bond acceptors (Lipinski definition) is 4. The van der Waals surface area contributed by atoms with Gasteiger partial charge in [0.05, 0.1) is 5.92 Å². The zero-order valence-corrected chi connectivity index (χ0v) is 18.3. The predicted molar refractivity (Wildman–Crippen MR) is 122 cm³/mol. The highest BCUT2D eigenvalue weighted by Gasteiger charge is 2.38. The van der Waals surface area contributed by atoms with Gasteiger partial charge in [-0.1, -0.05) is 48.5 Å². The Labute approximate surface area is 192 Å². The first-order valence-corrected chi connectivity index (χ1v) is 11.6. The SMILES string of the molecule is O=C(N[C@H]1CC[C@@H](C(=O)NC2CC(C(=O)O)C2)C1)OCC1c2ccccc2-c2ccccc21. The van der Waals surface area contributed by atoms with Gasteiger partial charge in [-0.15, -0.1) is 0 Å². The average Bonchev–Trinajstić information content (AvgIpc) is 3.37. The molecule has 2 saturated carbocycles. The molecule has 2 fully saturated rings. The Morgan fingerprint density at radius 1 is 0.818 bits per heavy atom. The summed E-state index contributed by atoms with van der Waals surface area (Å²) >= 11 is 0. The van der Waals surface area contributed by atoms with E-state index in [1.54, 1.807) is 0 Å². The number of alkyl carbamates (subject to hydrolysis) is 1. The van der Waals surface area contributed by atoms with E-state index in [-0.39, 0.29) is 42.4 Å². The molecule has 0 radical (unpaired) electrons. The molecule has 0 unspecified atom stereocenters. The van der Waals surface area contributed by atoms with Gasteiger partial charge < -0.3 is 20.5 Å². The number of amides is 2. The number of rotatable bonds is 6. The molecule has 0 heterocycles. The molecule has 0 spiro atoms. The molecule has 33 heavy (non-hydrogen) atoms. The van der Waals surface area contributed by atoms with Crippen LogP contribution in [0.15, 0.2) is 48.5 Å². The van der Waals surface area contributed by atoms with Crippen molar-refractivity contribution in [3.63, 3.8) is 0 Å². The van der Waals surface area contributed by atoms with E-state index in [0.29, 0.717) is 25.7 Å². The van der Waals surface area contributed by atoms with E-state index in [9.17, 15) is 14.4 Å². The van der Waals surface area contributed by atoms with Crippen LogP contribution in [0.4, 0.5) is 4.79 Å². The highest BCUT2D eigenvalue weighted by molar-refractivity contribution is 5.81. The van der Waals surface area contributed by atoms with E-state index >= 15 is 0 Å². The van der Waals surface area contributed by atoms with Crippen molar-refractivity contribution in [2.45, 2.75) is 50.1 Å². The van der Waals surface area contributed by atoms with Gasteiger partial charge in [-0.3, -0.25) is 9.59 Å². The molecule has 0 bridgehead atoms. The van der Waals surface area contributed by atoms with Gasteiger partial charge in [0.25, 0.3) is 0 Å². The summed E-state index contributed by atoms with van der Waals surface area (Å²) in [6.07, 6.45) is 2.54. The Morgan fingerprint density at radius 2 is 1.42 bits per heavy atom. The summed E-state index contributed by atoms with van der Waals surface area (Å²) in [7, 11) is 0. The Bertz CT molecular complexity index is 1030. The second kappa shape index (κ2) is 8.89. The second-order valence-corrected chi connectivity index (χ2v) is 9.39. The van der Waals surface area contributed by atoms with Crippen LogP contribution in [-0.2, 0) is 14.3 Å². The number of aliphatic carboxylic acids is 1. The molecule has 7 nitrogen and oxygen atoms in total. The first-order valence-electron chi connectivity index (χ1n) is 11.6. The van der Waals surface area contributed by atoms with E-state index in [1.165, 1.54) is 22.3 Å². The summed E-state index contributed by atoms with van der Waals surface area (Å²) in [5.74, 6) is -1.33. The molecule has 2 atom stereocenters. The first kappa shape index (κ1) is 21.5. The lowest BCUT2D eigenvalue weighted by Gasteiger charge is -2.33. The Morgan fingerprint density at radius 3 is 2.06 bits per heavy atom. The van der Waals surface area contributed by atoms with Crippen LogP contribution in [0.5, 0.6) is 0 Å². The van der Waals surface area contributed by atoms with Crippen LogP contribution in [0.3, 0.4) is 0 Å². The van der Waals surface area contributed by atoms with E-state index in [4.69, 9.17) is 9.84 Å². The summed E-state index contributed by atoms with van der Waals surface area (Å²) in [6, 6.07) is 16.3. The molecule has 5 rings (SSSR count). The number of fused-ring (bicyclic) bond motifs is 3. The van der Waals surface area contributed by atoms with Crippen molar-refractivity contribution in [1.82, 2.24) is 10.6 Å². The van der Waals surface area contributed by atoms with Crippen LogP contribution < -0.4 is 10.6 Å².